The Labute approximate surface area is 102 Å². The Morgan fingerprint density at radius 2 is 2.12 bits per heavy atom. The second kappa shape index (κ2) is 5.10. The summed E-state index contributed by atoms with van der Waals surface area (Å²) < 4.78 is 2.06. The summed E-state index contributed by atoms with van der Waals surface area (Å²) >= 11 is 0. The number of nitrogens with one attached hydrogen (secondary N) is 1. The van der Waals surface area contributed by atoms with E-state index in [1.807, 2.05) is 31.6 Å². The van der Waals surface area contributed by atoms with Crippen molar-refractivity contribution in [3.8, 4) is 5.69 Å². The van der Waals surface area contributed by atoms with E-state index in [4.69, 9.17) is 0 Å². The maximum absolute atomic E-state index is 4.35. The fraction of sp³-hybridized carbons (Fsp3) is 0.385. The average molecular weight is 230 g/mol. The van der Waals surface area contributed by atoms with Gasteiger partial charge in [0.05, 0.1) is 11.4 Å². The van der Waals surface area contributed by atoms with Gasteiger partial charge in [-0.05, 0) is 19.1 Å². The van der Waals surface area contributed by atoms with Crippen molar-refractivity contribution in [1.29, 1.82) is 0 Å². The normalized spacial score (nSPS) is 11.1. The topological polar surface area (TPSA) is 42.7 Å². The van der Waals surface area contributed by atoms with Crippen LogP contribution < -0.4 is 5.32 Å². The number of aromatic nitrogens is 3. The first-order valence-electron chi connectivity index (χ1n) is 5.85. The van der Waals surface area contributed by atoms with E-state index in [1.54, 1.807) is 0 Å². The molecule has 0 atom stereocenters. The highest BCUT2D eigenvalue weighted by molar-refractivity contribution is 5.33. The summed E-state index contributed by atoms with van der Waals surface area (Å²) in [6.45, 7) is 7.04. The van der Waals surface area contributed by atoms with E-state index >= 15 is 0 Å². The average Bonchev–Trinajstić information content (AvgIpc) is 2.73. The van der Waals surface area contributed by atoms with Crippen LogP contribution in [-0.4, -0.2) is 20.6 Å². The molecule has 0 aliphatic heterocycles. The lowest BCUT2D eigenvalue weighted by Gasteiger charge is -2.09. The fourth-order valence-electron chi connectivity index (χ4n) is 1.67. The molecule has 17 heavy (non-hydrogen) atoms. The maximum Gasteiger partial charge on any atom is 0.110 e. The molecule has 0 amide bonds. The summed E-state index contributed by atoms with van der Waals surface area (Å²) in [7, 11) is 0. The van der Waals surface area contributed by atoms with Crippen LogP contribution in [0.2, 0.25) is 0 Å². The van der Waals surface area contributed by atoms with Crippen LogP contribution in [0.5, 0.6) is 0 Å². The van der Waals surface area contributed by atoms with E-state index in [0.29, 0.717) is 6.04 Å². The van der Waals surface area contributed by atoms with Gasteiger partial charge in [-0.1, -0.05) is 13.8 Å². The van der Waals surface area contributed by atoms with Crippen LogP contribution in [0, 0.1) is 6.92 Å². The number of hydrogen-bond acceptors (Lipinski definition) is 3. The van der Waals surface area contributed by atoms with Crippen LogP contribution in [0.3, 0.4) is 0 Å². The Morgan fingerprint density at radius 1 is 1.29 bits per heavy atom. The monoisotopic (exact) mass is 230 g/mol. The first kappa shape index (κ1) is 11.8. The molecule has 0 bridgehead atoms. The molecule has 0 aliphatic carbocycles. The molecule has 1 N–H and O–H groups in total. The third-order valence-corrected chi connectivity index (χ3v) is 2.60. The van der Waals surface area contributed by atoms with Gasteiger partial charge in [0.25, 0.3) is 0 Å². The first-order valence-corrected chi connectivity index (χ1v) is 5.85. The van der Waals surface area contributed by atoms with Gasteiger partial charge in [-0.25, -0.2) is 4.98 Å². The molecule has 2 heterocycles. The van der Waals surface area contributed by atoms with Crippen LogP contribution in [0.25, 0.3) is 5.69 Å². The molecule has 0 saturated carbocycles. The summed E-state index contributed by atoms with van der Waals surface area (Å²) in [5, 5.41) is 3.36. The van der Waals surface area contributed by atoms with Gasteiger partial charge in [-0.3, -0.25) is 4.98 Å². The maximum atomic E-state index is 4.35. The van der Waals surface area contributed by atoms with Crippen molar-refractivity contribution in [3.05, 3.63) is 42.2 Å². The first-order chi connectivity index (χ1) is 8.16. The number of imidazole rings is 1. The second-order valence-corrected chi connectivity index (χ2v) is 4.39. The van der Waals surface area contributed by atoms with E-state index in [-0.39, 0.29) is 0 Å². The molecular weight excluding hydrogens is 212 g/mol. The van der Waals surface area contributed by atoms with Crippen molar-refractivity contribution in [2.45, 2.75) is 33.4 Å². The molecule has 4 nitrogen and oxygen atoms in total. The highest BCUT2D eigenvalue weighted by Gasteiger charge is 2.02. The Balaban J connectivity index is 2.20. The zero-order valence-electron chi connectivity index (χ0n) is 10.5. The van der Waals surface area contributed by atoms with Crippen molar-refractivity contribution in [2.75, 3.05) is 0 Å². The predicted molar refractivity (Wildman–Crippen MR) is 68.1 cm³/mol. The van der Waals surface area contributed by atoms with Crippen LogP contribution in [0.1, 0.15) is 25.4 Å². The SMILES string of the molecule is Cc1nccn1-c1ccnc(CNC(C)C)c1. The Hall–Kier alpha value is -1.68. The highest BCUT2D eigenvalue weighted by Crippen LogP contribution is 2.10. The number of aryl methyl sites for hydroxylation is 1. The molecule has 0 saturated heterocycles. The molecule has 2 aromatic heterocycles. The number of nitrogens with zero attached hydrogens (tertiary/aromatic N) is 3. The summed E-state index contributed by atoms with van der Waals surface area (Å²) in [4.78, 5) is 8.58. The molecule has 2 rings (SSSR count). The lowest BCUT2D eigenvalue weighted by Crippen LogP contribution is -2.22. The fourth-order valence-corrected chi connectivity index (χ4v) is 1.67. The lowest BCUT2D eigenvalue weighted by atomic mass is 10.3. The van der Waals surface area contributed by atoms with Crippen molar-refractivity contribution < 1.29 is 0 Å². The Kier molecular flexibility index (Phi) is 3.54. The minimum Gasteiger partial charge on any atom is -0.309 e. The number of hydrogen-bond donors (Lipinski definition) is 1. The summed E-state index contributed by atoms with van der Waals surface area (Å²) in [6, 6.07) is 4.55. The van der Waals surface area contributed by atoms with Gasteiger partial charge in [0.15, 0.2) is 0 Å². The third kappa shape index (κ3) is 2.91. The van der Waals surface area contributed by atoms with Gasteiger partial charge in [0.2, 0.25) is 0 Å². The van der Waals surface area contributed by atoms with Crippen LogP contribution in [0.15, 0.2) is 30.7 Å². The Bertz CT molecular complexity index is 488. The number of pyridine rings is 1. The van der Waals surface area contributed by atoms with Crippen molar-refractivity contribution in [1.82, 2.24) is 19.9 Å². The molecular formula is C13H18N4. The van der Waals surface area contributed by atoms with Crippen molar-refractivity contribution >= 4 is 0 Å². The van der Waals surface area contributed by atoms with Gasteiger partial charge >= 0.3 is 0 Å². The standard InChI is InChI=1S/C13H18N4/c1-10(2)16-9-12-8-13(4-5-15-12)17-7-6-14-11(17)3/h4-8,10,16H,9H2,1-3H3. The van der Waals surface area contributed by atoms with Crippen LogP contribution in [-0.2, 0) is 6.54 Å². The number of rotatable bonds is 4. The van der Waals surface area contributed by atoms with Crippen LogP contribution in [0.4, 0.5) is 0 Å². The smallest absolute Gasteiger partial charge is 0.110 e. The van der Waals surface area contributed by atoms with E-state index in [0.717, 1.165) is 23.8 Å². The summed E-state index contributed by atoms with van der Waals surface area (Å²) in [6.07, 6.45) is 5.61. The quantitative estimate of drug-likeness (QED) is 0.874. The molecule has 0 spiro atoms. The Morgan fingerprint density at radius 3 is 2.76 bits per heavy atom. The molecule has 0 aromatic carbocycles. The van der Waals surface area contributed by atoms with E-state index in [1.165, 1.54) is 0 Å². The molecule has 4 heteroatoms. The molecule has 2 aromatic rings. The van der Waals surface area contributed by atoms with E-state index < -0.39 is 0 Å². The molecule has 0 radical (unpaired) electrons. The summed E-state index contributed by atoms with van der Waals surface area (Å²) in [5.41, 5.74) is 2.15. The molecule has 0 fully saturated rings. The second-order valence-electron chi connectivity index (χ2n) is 4.39. The lowest BCUT2D eigenvalue weighted by molar-refractivity contribution is 0.581. The predicted octanol–water partition coefficient (Wildman–Crippen LogP) is 2.07. The molecule has 90 valence electrons. The van der Waals surface area contributed by atoms with Gasteiger partial charge in [-0.15, -0.1) is 0 Å². The summed E-state index contributed by atoms with van der Waals surface area (Å²) in [5.74, 6) is 0.985. The van der Waals surface area contributed by atoms with Crippen molar-refractivity contribution in [3.63, 3.8) is 0 Å². The zero-order chi connectivity index (χ0) is 12.3. The minimum atomic E-state index is 0.468. The van der Waals surface area contributed by atoms with Gasteiger partial charge in [0, 0.05) is 31.2 Å². The zero-order valence-corrected chi connectivity index (χ0v) is 10.5. The van der Waals surface area contributed by atoms with Gasteiger partial charge < -0.3 is 9.88 Å². The highest BCUT2D eigenvalue weighted by atomic mass is 15.1. The minimum absolute atomic E-state index is 0.468. The van der Waals surface area contributed by atoms with E-state index in [9.17, 15) is 0 Å². The molecule has 0 unspecified atom stereocenters. The third-order valence-electron chi connectivity index (χ3n) is 2.60. The molecule has 0 aliphatic rings. The van der Waals surface area contributed by atoms with Gasteiger partial charge in [-0.2, -0.15) is 0 Å². The van der Waals surface area contributed by atoms with E-state index in [2.05, 4.69) is 39.8 Å². The van der Waals surface area contributed by atoms with Crippen molar-refractivity contribution in [2.24, 2.45) is 0 Å². The largest absolute Gasteiger partial charge is 0.309 e. The van der Waals surface area contributed by atoms with Crippen LogP contribution >= 0.6 is 0 Å². The van der Waals surface area contributed by atoms with Gasteiger partial charge in [0.1, 0.15) is 5.82 Å².